The van der Waals surface area contributed by atoms with Gasteiger partial charge in [-0.3, -0.25) is 9.59 Å². The van der Waals surface area contributed by atoms with E-state index in [1.165, 1.54) is 12.8 Å². The Balaban J connectivity index is 1.35. The van der Waals surface area contributed by atoms with Gasteiger partial charge in [-0.05, 0) is 79.8 Å². The molecule has 2 aromatic carbocycles. The first-order chi connectivity index (χ1) is 19.2. The Hall–Kier alpha value is -3.82. The predicted octanol–water partition coefficient (Wildman–Crippen LogP) is 3.16. The fourth-order valence-electron chi connectivity index (χ4n) is 5.78. The number of piperazine rings is 1. The normalized spacial score (nSPS) is 18.9. The number of carbonyl (C=O) groups excluding carboxylic acids is 2. The van der Waals surface area contributed by atoms with Gasteiger partial charge in [0, 0.05) is 61.8 Å². The first-order valence-corrected chi connectivity index (χ1v) is 13.9. The van der Waals surface area contributed by atoms with Gasteiger partial charge in [0.15, 0.2) is 0 Å². The van der Waals surface area contributed by atoms with Gasteiger partial charge in [0.25, 0.3) is 11.8 Å². The molecule has 2 bridgehead atoms. The highest BCUT2D eigenvalue weighted by atomic mass is 16.5. The lowest BCUT2D eigenvalue weighted by atomic mass is 10.00. The zero-order valence-electron chi connectivity index (χ0n) is 23.7. The lowest BCUT2D eigenvalue weighted by Gasteiger charge is -2.35. The molecule has 212 valence electrons. The van der Waals surface area contributed by atoms with Crippen molar-refractivity contribution in [1.82, 2.24) is 20.5 Å². The fraction of sp³-hybridized carbons (Fsp3) is 0.419. The summed E-state index contributed by atoms with van der Waals surface area (Å²) in [6, 6.07) is 14.6. The Morgan fingerprint density at radius 2 is 1.82 bits per heavy atom. The largest absolute Gasteiger partial charge is 0.497 e. The second kappa shape index (κ2) is 11.7. The topological polar surface area (TPSA) is 108 Å². The second-order valence-electron chi connectivity index (χ2n) is 10.9. The van der Waals surface area contributed by atoms with E-state index in [-0.39, 0.29) is 31.0 Å². The van der Waals surface area contributed by atoms with Crippen molar-refractivity contribution in [2.45, 2.75) is 44.8 Å². The molecule has 4 N–H and O–H groups in total. The molecule has 0 spiro atoms. The van der Waals surface area contributed by atoms with Gasteiger partial charge >= 0.3 is 0 Å². The molecule has 2 saturated heterocycles. The zero-order chi connectivity index (χ0) is 28.4. The minimum absolute atomic E-state index is 0.114. The Kier molecular flexibility index (Phi) is 8.14. The van der Waals surface area contributed by atoms with Crippen LogP contribution in [0.1, 0.15) is 57.8 Å². The highest BCUT2D eigenvalue weighted by Crippen LogP contribution is 2.31. The van der Waals surface area contributed by atoms with E-state index in [2.05, 4.69) is 26.9 Å². The van der Waals surface area contributed by atoms with E-state index >= 15 is 0 Å². The van der Waals surface area contributed by atoms with Crippen molar-refractivity contribution < 1.29 is 19.4 Å². The number of rotatable bonds is 9. The van der Waals surface area contributed by atoms with Crippen molar-refractivity contribution in [3.63, 3.8) is 0 Å². The minimum Gasteiger partial charge on any atom is -0.497 e. The fourth-order valence-corrected chi connectivity index (χ4v) is 5.78. The third-order valence-corrected chi connectivity index (χ3v) is 8.03. The number of anilines is 1. The first kappa shape index (κ1) is 27.7. The van der Waals surface area contributed by atoms with Crippen molar-refractivity contribution in [3.05, 3.63) is 71.0 Å². The van der Waals surface area contributed by atoms with Crippen LogP contribution in [-0.4, -0.2) is 66.9 Å². The molecule has 2 amide bonds. The SMILES string of the molecule is COc1cc(-c2cc(C(=O)NCCO)n(C)c2)cc([C@@H](C)NC(=O)c2cc(N3C[C@H]4CC[C@@H](C3)N4)ccc2C)c1. The van der Waals surface area contributed by atoms with Crippen molar-refractivity contribution in [3.8, 4) is 16.9 Å². The molecule has 5 rings (SSSR count). The molecule has 0 radical (unpaired) electrons. The summed E-state index contributed by atoms with van der Waals surface area (Å²) in [4.78, 5) is 28.4. The molecule has 3 atom stereocenters. The molecule has 2 fully saturated rings. The van der Waals surface area contributed by atoms with E-state index in [1.54, 1.807) is 11.7 Å². The highest BCUT2D eigenvalue weighted by molar-refractivity contribution is 5.97. The van der Waals surface area contributed by atoms with Crippen LogP contribution in [0.3, 0.4) is 0 Å². The molecule has 9 nitrogen and oxygen atoms in total. The van der Waals surface area contributed by atoms with Crippen LogP contribution < -0.4 is 25.6 Å². The van der Waals surface area contributed by atoms with Crippen LogP contribution in [-0.2, 0) is 7.05 Å². The van der Waals surface area contributed by atoms with Gasteiger partial charge < -0.3 is 35.3 Å². The number of aromatic nitrogens is 1. The molecular weight excluding hydrogens is 506 g/mol. The van der Waals surface area contributed by atoms with Crippen LogP contribution in [0, 0.1) is 6.92 Å². The van der Waals surface area contributed by atoms with Crippen LogP contribution in [0.25, 0.3) is 11.1 Å². The van der Waals surface area contributed by atoms with Gasteiger partial charge in [0.1, 0.15) is 11.4 Å². The summed E-state index contributed by atoms with van der Waals surface area (Å²) >= 11 is 0. The lowest BCUT2D eigenvalue weighted by Crippen LogP contribution is -2.51. The molecule has 1 aromatic heterocycles. The van der Waals surface area contributed by atoms with Gasteiger partial charge in [-0.2, -0.15) is 0 Å². The summed E-state index contributed by atoms with van der Waals surface area (Å²) in [6.07, 6.45) is 4.30. The molecule has 3 aromatic rings. The molecule has 40 heavy (non-hydrogen) atoms. The number of benzene rings is 2. The highest BCUT2D eigenvalue weighted by Gasteiger charge is 2.32. The van der Waals surface area contributed by atoms with Crippen LogP contribution >= 0.6 is 0 Å². The summed E-state index contributed by atoms with van der Waals surface area (Å²) in [7, 11) is 3.42. The van der Waals surface area contributed by atoms with Crippen molar-refractivity contribution in [2.75, 3.05) is 38.3 Å². The van der Waals surface area contributed by atoms with Crippen molar-refractivity contribution in [2.24, 2.45) is 7.05 Å². The summed E-state index contributed by atoms with van der Waals surface area (Å²) in [5.74, 6) is 0.296. The molecule has 9 heteroatoms. The molecule has 3 heterocycles. The number of amides is 2. The predicted molar refractivity (Wildman–Crippen MR) is 156 cm³/mol. The van der Waals surface area contributed by atoms with E-state index in [4.69, 9.17) is 9.84 Å². The Labute approximate surface area is 235 Å². The number of carbonyl (C=O) groups is 2. The smallest absolute Gasteiger partial charge is 0.267 e. The Morgan fingerprint density at radius 1 is 1.07 bits per heavy atom. The van der Waals surface area contributed by atoms with Gasteiger partial charge in [-0.15, -0.1) is 0 Å². The van der Waals surface area contributed by atoms with Crippen LogP contribution in [0.2, 0.25) is 0 Å². The number of nitrogens with zero attached hydrogens (tertiary/aromatic N) is 2. The first-order valence-electron chi connectivity index (χ1n) is 13.9. The number of aliphatic hydroxyl groups is 1. The zero-order valence-corrected chi connectivity index (χ0v) is 23.7. The van der Waals surface area contributed by atoms with E-state index in [0.29, 0.717) is 29.1 Å². The monoisotopic (exact) mass is 545 g/mol. The van der Waals surface area contributed by atoms with Crippen LogP contribution in [0.4, 0.5) is 5.69 Å². The number of hydrogen-bond donors (Lipinski definition) is 4. The molecular formula is C31H39N5O4. The van der Waals surface area contributed by atoms with Gasteiger partial charge in [0.05, 0.1) is 19.8 Å². The van der Waals surface area contributed by atoms with E-state index in [1.807, 2.05) is 63.5 Å². The molecule has 0 aliphatic carbocycles. The molecule has 0 saturated carbocycles. The average molecular weight is 546 g/mol. The van der Waals surface area contributed by atoms with Gasteiger partial charge in [-0.1, -0.05) is 6.07 Å². The average Bonchev–Trinajstić information content (AvgIpc) is 3.52. The summed E-state index contributed by atoms with van der Waals surface area (Å²) in [6.45, 7) is 5.94. The number of nitrogens with one attached hydrogen (secondary N) is 3. The minimum atomic E-state index is -0.282. The number of aliphatic hydroxyl groups excluding tert-OH is 1. The molecule has 2 aliphatic heterocycles. The number of hydrogen-bond acceptors (Lipinski definition) is 6. The van der Waals surface area contributed by atoms with Crippen LogP contribution in [0.15, 0.2) is 48.7 Å². The van der Waals surface area contributed by atoms with Crippen molar-refractivity contribution in [1.29, 1.82) is 0 Å². The number of fused-ring (bicyclic) bond motifs is 2. The third-order valence-electron chi connectivity index (χ3n) is 8.03. The summed E-state index contributed by atoms with van der Waals surface area (Å²) in [5, 5.41) is 18.6. The van der Waals surface area contributed by atoms with E-state index in [0.717, 1.165) is 41.0 Å². The number of aryl methyl sites for hydroxylation is 2. The maximum Gasteiger partial charge on any atom is 0.267 e. The van der Waals surface area contributed by atoms with Gasteiger partial charge in [-0.25, -0.2) is 0 Å². The second-order valence-corrected chi connectivity index (χ2v) is 10.9. The number of ether oxygens (including phenoxy) is 1. The molecule has 0 unspecified atom stereocenters. The lowest BCUT2D eigenvalue weighted by molar-refractivity contribution is 0.0930. The maximum atomic E-state index is 13.5. The Bertz CT molecular complexity index is 1390. The maximum absolute atomic E-state index is 13.5. The van der Waals surface area contributed by atoms with E-state index < -0.39 is 0 Å². The summed E-state index contributed by atoms with van der Waals surface area (Å²) < 4.78 is 7.34. The molecule has 2 aliphatic rings. The van der Waals surface area contributed by atoms with E-state index in [9.17, 15) is 9.59 Å². The van der Waals surface area contributed by atoms with Gasteiger partial charge in [0.2, 0.25) is 0 Å². The summed E-state index contributed by atoms with van der Waals surface area (Å²) in [5.41, 5.74) is 5.82. The van der Waals surface area contributed by atoms with Crippen LogP contribution in [0.5, 0.6) is 5.75 Å². The standard InChI is InChI=1S/C31H39N5O4/c1-19-5-8-26(36-17-24-6-7-25(18-36)34-24)15-28(19)30(38)33-20(2)21-11-22(13-27(12-21)40-4)23-14-29(35(3)16-23)31(39)32-9-10-37/h5,8,11-16,20,24-25,34,37H,6-7,9-10,17-18H2,1-4H3,(H,32,39)(H,33,38)/t20-,24-,25+/m1/s1. The quantitative estimate of drug-likeness (QED) is 0.329. The van der Waals surface area contributed by atoms with Crippen molar-refractivity contribution >= 4 is 17.5 Å². The Morgan fingerprint density at radius 3 is 2.52 bits per heavy atom. The number of methoxy groups -OCH3 is 1. The third kappa shape index (κ3) is 5.85.